The molecule has 0 bridgehead atoms. The van der Waals surface area contributed by atoms with Crippen LogP contribution in [0.4, 0.5) is 8.78 Å². The van der Waals surface area contributed by atoms with Crippen LogP contribution >= 0.6 is 0 Å². The minimum Gasteiger partial charge on any atom is -0.395 e. The average Bonchev–Trinajstić information content (AvgIpc) is 2.93. The Hall–Kier alpha value is -1.32. The van der Waals surface area contributed by atoms with Crippen molar-refractivity contribution in [3.8, 4) is 11.5 Å². The van der Waals surface area contributed by atoms with Crippen molar-refractivity contribution >= 4 is 0 Å². The Morgan fingerprint density at radius 3 is 2.75 bits per heavy atom. The van der Waals surface area contributed by atoms with Gasteiger partial charge in [0.05, 0.1) is 0 Å². The van der Waals surface area contributed by atoms with Gasteiger partial charge in [-0.3, -0.25) is 0 Å². The zero-order valence-electron chi connectivity index (χ0n) is 8.87. The first-order valence-corrected chi connectivity index (χ1v) is 5.49. The fourth-order valence-corrected chi connectivity index (χ4v) is 2.30. The van der Waals surface area contributed by atoms with E-state index in [2.05, 4.69) is 16.4 Å². The lowest BCUT2D eigenvalue weighted by atomic mass is 10.1. The number of benzene rings is 1. The highest BCUT2D eigenvalue weighted by molar-refractivity contribution is 5.47. The Bertz CT molecular complexity index is 431. The first kappa shape index (κ1) is 9.87. The first-order chi connectivity index (χ1) is 7.59. The average molecular weight is 226 g/mol. The number of ether oxygens (including phenoxy) is 2. The molecule has 1 fully saturated rings. The highest BCUT2D eigenvalue weighted by Crippen LogP contribution is 2.52. The summed E-state index contributed by atoms with van der Waals surface area (Å²) in [4.78, 5) is 0. The molecule has 86 valence electrons. The molecule has 1 heterocycles. The number of hydrogen-bond donors (Lipinski definition) is 0. The van der Waals surface area contributed by atoms with E-state index in [1.165, 1.54) is 0 Å². The Morgan fingerprint density at radius 2 is 2.06 bits per heavy atom. The maximum atomic E-state index is 12.8. The number of hydrogen-bond acceptors (Lipinski definition) is 2. The molecular weight excluding hydrogens is 214 g/mol. The van der Waals surface area contributed by atoms with Gasteiger partial charge >= 0.3 is 6.29 Å². The van der Waals surface area contributed by atoms with Gasteiger partial charge in [-0.1, -0.05) is 19.4 Å². The smallest absolute Gasteiger partial charge is 0.395 e. The first-order valence-electron chi connectivity index (χ1n) is 5.49. The van der Waals surface area contributed by atoms with E-state index >= 15 is 0 Å². The Balaban J connectivity index is 1.86. The van der Waals surface area contributed by atoms with E-state index in [4.69, 9.17) is 0 Å². The zero-order chi connectivity index (χ0) is 11.3. The second-order valence-corrected chi connectivity index (χ2v) is 4.38. The minimum absolute atomic E-state index is 0.127. The number of rotatable bonds is 2. The lowest BCUT2D eigenvalue weighted by Gasteiger charge is -2.04. The maximum Gasteiger partial charge on any atom is 0.586 e. The molecule has 2 atom stereocenters. The largest absolute Gasteiger partial charge is 0.586 e. The van der Waals surface area contributed by atoms with Crippen molar-refractivity contribution in [2.45, 2.75) is 32.0 Å². The Labute approximate surface area is 92.2 Å². The van der Waals surface area contributed by atoms with Crippen molar-refractivity contribution in [2.75, 3.05) is 0 Å². The monoisotopic (exact) mass is 226 g/mol. The molecule has 16 heavy (non-hydrogen) atoms. The molecule has 1 saturated carbocycles. The third kappa shape index (κ3) is 1.52. The van der Waals surface area contributed by atoms with Gasteiger partial charge in [-0.25, -0.2) is 0 Å². The summed E-state index contributed by atoms with van der Waals surface area (Å²) in [6.45, 7) is 2.14. The predicted molar refractivity (Wildman–Crippen MR) is 53.8 cm³/mol. The van der Waals surface area contributed by atoms with Crippen LogP contribution in [0.3, 0.4) is 0 Å². The Morgan fingerprint density at radius 1 is 1.31 bits per heavy atom. The van der Waals surface area contributed by atoms with Gasteiger partial charge in [0.2, 0.25) is 0 Å². The molecule has 4 heteroatoms. The molecule has 0 N–H and O–H groups in total. The Kier molecular flexibility index (Phi) is 1.91. The summed E-state index contributed by atoms with van der Waals surface area (Å²) < 4.78 is 34.3. The van der Waals surface area contributed by atoms with Crippen LogP contribution in [0.5, 0.6) is 11.5 Å². The molecule has 1 aromatic rings. The lowest BCUT2D eigenvalue weighted by molar-refractivity contribution is -0.286. The summed E-state index contributed by atoms with van der Waals surface area (Å²) in [6, 6.07) is 5.09. The molecule has 0 unspecified atom stereocenters. The quantitative estimate of drug-likeness (QED) is 0.768. The second kappa shape index (κ2) is 3.09. The van der Waals surface area contributed by atoms with Gasteiger partial charge in [0.1, 0.15) is 0 Å². The van der Waals surface area contributed by atoms with Gasteiger partial charge in [0.15, 0.2) is 11.5 Å². The van der Waals surface area contributed by atoms with Gasteiger partial charge in [-0.15, -0.1) is 8.78 Å². The van der Waals surface area contributed by atoms with Gasteiger partial charge < -0.3 is 9.47 Å². The van der Waals surface area contributed by atoms with E-state index in [1.54, 1.807) is 12.1 Å². The van der Waals surface area contributed by atoms with E-state index in [-0.39, 0.29) is 11.5 Å². The topological polar surface area (TPSA) is 18.5 Å². The van der Waals surface area contributed by atoms with Crippen LogP contribution in [0.1, 0.15) is 31.2 Å². The van der Waals surface area contributed by atoms with E-state index in [0.29, 0.717) is 11.8 Å². The second-order valence-electron chi connectivity index (χ2n) is 4.38. The molecule has 0 amide bonds. The van der Waals surface area contributed by atoms with E-state index in [0.717, 1.165) is 18.4 Å². The van der Waals surface area contributed by atoms with Gasteiger partial charge in [0, 0.05) is 0 Å². The van der Waals surface area contributed by atoms with Crippen LogP contribution in [0, 0.1) is 5.92 Å². The van der Waals surface area contributed by atoms with Crippen LogP contribution in [0.15, 0.2) is 18.2 Å². The molecule has 2 aliphatic rings. The maximum absolute atomic E-state index is 12.8. The fourth-order valence-electron chi connectivity index (χ4n) is 2.30. The minimum atomic E-state index is -3.51. The van der Waals surface area contributed by atoms with Crippen LogP contribution in [0.2, 0.25) is 0 Å². The summed E-state index contributed by atoms with van der Waals surface area (Å²) in [5.74, 6) is 1.49. The molecule has 2 nitrogen and oxygen atoms in total. The van der Waals surface area contributed by atoms with Crippen LogP contribution in [-0.2, 0) is 0 Å². The van der Waals surface area contributed by atoms with Crippen LogP contribution < -0.4 is 9.47 Å². The molecule has 1 aromatic carbocycles. The molecule has 0 aromatic heterocycles. The third-order valence-electron chi connectivity index (χ3n) is 3.30. The van der Waals surface area contributed by atoms with Crippen molar-refractivity contribution in [2.24, 2.45) is 5.92 Å². The van der Waals surface area contributed by atoms with Crippen molar-refractivity contribution in [3.05, 3.63) is 23.8 Å². The van der Waals surface area contributed by atoms with Crippen molar-refractivity contribution in [1.29, 1.82) is 0 Å². The van der Waals surface area contributed by atoms with E-state index in [9.17, 15) is 8.78 Å². The molecule has 1 aliphatic carbocycles. The van der Waals surface area contributed by atoms with Crippen molar-refractivity contribution < 1.29 is 18.3 Å². The van der Waals surface area contributed by atoms with Crippen molar-refractivity contribution in [3.63, 3.8) is 0 Å². The zero-order valence-corrected chi connectivity index (χ0v) is 8.87. The molecule has 3 rings (SSSR count). The highest BCUT2D eigenvalue weighted by Gasteiger charge is 2.44. The summed E-state index contributed by atoms with van der Waals surface area (Å²) in [5.41, 5.74) is 1.08. The third-order valence-corrected chi connectivity index (χ3v) is 3.30. The van der Waals surface area contributed by atoms with Crippen LogP contribution in [-0.4, -0.2) is 6.29 Å². The summed E-state index contributed by atoms with van der Waals surface area (Å²) in [5, 5.41) is 0. The standard InChI is InChI=1S/C12H12F2O2/c1-2-7-5-9(7)8-3-4-10-11(6-8)16-12(13,14)15-10/h3-4,6-7,9H,2,5H2,1H3/t7-,9-/m0/s1. The summed E-state index contributed by atoms with van der Waals surface area (Å²) in [7, 11) is 0. The lowest BCUT2D eigenvalue weighted by Crippen LogP contribution is -2.25. The van der Waals surface area contributed by atoms with Crippen molar-refractivity contribution in [1.82, 2.24) is 0 Å². The normalized spacial score (nSPS) is 29.2. The molecule has 0 radical (unpaired) electrons. The van der Waals surface area contributed by atoms with Gasteiger partial charge in [-0.2, -0.15) is 0 Å². The van der Waals surface area contributed by atoms with E-state index < -0.39 is 6.29 Å². The molecule has 1 aliphatic heterocycles. The molecule has 0 saturated heterocycles. The fraction of sp³-hybridized carbons (Fsp3) is 0.500. The predicted octanol–water partition coefficient (Wildman–Crippen LogP) is 3.52. The van der Waals surface area contributed by atoms with Crippen LogP contribution in [0.25, 0.3) is 0 Å². The SMILES string of the molecule is CC[C@H]1C[C@@H]1c1ccc2c(c1)OC(F)(F)O2. The van der Waals surface area contributed by atoms with Gasteiger partial charge in [0.25, 0.3) is 0 Å². The highest BCUT2D eigenvalue weighted by atomic mass is 19.3. The number of fused-ring (bicyclic) bond motifs is 1. The molecule has 0 spiro atoms. The number of alkyl halides is 2. The summed E-state index contributed by atoms with van der Waals surface area (Å²) >= 11 is 0. The molecular formula is C12H12F2O2. The van der Waals surface area contributed by atoms with Gasteiger partial charge in [-0.05, 0) is 36.0 Å². The number of halogens is 2. The van der Waals surface area contributed by atoms with E-state index in [1.807, 2.05) is 6.07 Å². The summed E-state index contributed by atoms with van der Waals surface area (Å²) in [6.07, 6.45) is -1.23.